The maximum atomic E-state index is 2.86. The minimum atomic E-state index is 0.883. The predicted molar refractivity (Wildman–Crippen MR) is 70.7 cm³/mol. The molecule has 2 rings (SSSR count). The lowest BCUT2D eigenvalue weighted by molar-refractivity contribution is 0.180. The molecule has 0 aromatic rings. The van der Waals surface area contributed by atoms with E-state index in [9.17, 15) is 0 Å². The number of hydrogen-bond donors (Lipinski definition) is 0. The topological polar surface area (TPSA) is 3.24 Å². The van der Waals surface area contributed by atoms with Gasteiger partial charge in [0.15, 0.2) is 0 Å². The third kappa shape index (κ3) is 2.80. The SMILES string of the molecule is CCCCCCCC1CCC2CCC(C)N12. The van der Waals surface area contributed by atoms with Crippen molar-refractivity contribution >= 4 is 0 Å². The molecule has 1 nitrogen and oxygen atoms in total. The van der Waals surface area contributed by atoms with Crippen molar-refractivity contribution in [1.82, 2.24) is 4.90 Å². The van der Waals surface area contributed by atoms with E-state index < -0.39 is 0 Å². The Labute approximate surface area is 102 Å². The molecular formula is C15H29N. The summed E-state index contributed by atoms with van der Waals surface area (Å²) in [5.74, 6) is 0. The quantitative estimate of drug-likeness (QED) is 0.605. The maximum absolute atomic E-state index is 2.86. The van der Waals surface area contributed by atoms with Crippen LogP contribution in [0.2, 0.25) is 0 Å². The molecule has 94 valence electrons. The van der Waals surface area contributed by atoms with Gasteiger partial charge in [0.1, 0.15) is 0 Å². The van der Waals surface area contributed by atoms with Crippen molar-refractivity contribution < 1.29 is 0 Å². The van der Waals surface area contributed by atoms with Crippen molar-refractivity contribution in [2.75, 3.05) is 0 Å². The number of unbranched alkanes of at least 4 members (excludes halogenated alkanes) is 4. The Morgan fingerprint density at radius 2 is 1.69 bits per heavy atom. The van der Waals surface area contributed by atoms with E-state index in [0.29, 0.717) is 0 Å². The van der Waals surface area contributed by atoms with Gasteiger partial charge in [0, 0.05) is 18.1 Å². The van der Waals surface area contributed by atoms with Gasteiger partial charge in [0.05, 0.1) is 0 Å². The molecule has 1 heteroatoms. The molecule has 2 aliphatic rings. The van der Waals surface area contributed by atoms with Crippen molar-refractivity contribution in [3.05, 3.63) is 0 Å². The lowest BCUT2D eigenvalue weighted by Gasteiger charge is -2.28. The standard InChI is InChI=1S/C15H29N/c1-3-4-5-6-7-8-14-11-12-15-10-9-13(2)16(14)15/h13-15H,3-12H2,1-2H3. The van der Waals surface area contributed by atoms with Crippen LogP contribution in [0.4, 0.5) is 0 Å². The number of fused-ring (bicyclic) bond motifs is 1. The molecule has 0 aliphatic carbocycles. The maximum Gasteiger partial charge on any atom is 0.0102 e. The second-order valence-electron chi connectivity index (χ2n) is 5.96. The van der Waals surface area contributed by atoms with Gasteiger partial charge >= 0.3 is 0 Å². The first-order chi connectivity index (χ1) is 7.83. The van der Waals surface area contributed by atoms with Crippen LogP contribution >= 0.6 is 0 Å². The Morgan fingerprint density at radius 1 is 0.938 bits per heavy atom. The number of nitrogens with zero attached hydrogens (tertiary/aromatic N) is 1. The van der Waals surface area contributed by atoms with E-state index in [2.05, 4.69) is 18.7 Å². The van der Waals surface area contributed by atoms with Crippen LogP contribution in [0.1, 0.15) is 78.1 Å². The van der Waals surface area contributed by atoms with E-state index in [1.165, 1.54) is 64.2 Å². The molecule has 3 unspecified atom stereocenters. The third-order valence-electron chi connectivity index (χ3n) is 4.74. The lowest BCUT2D eigenvalue weighted by atomic mass is 10.0. The minimum absolute atomic E-state index is 0.883. The van der Waals surface area contributed by atoms with Gasteiger partial charge in [-0.2, -0.15) is 0 Å². The molecule has 2 saturated heterocycles. The van der Waals surface area contributed by atoms with Crippen LogP contribution < -0.4 is 0 Å². The molecule has 0 amide bonds. The molecule has 3 atom stereocenters. The normalized spacial score (nSPS) is 34.5. The zero-order chi connectivity index (χ0) is 11.4. The highest BCUT2D eigenvalue weighted by atomic mass is 15.3. The number of hydrogen-bond acceptors (Lipinski definition) is 1. The molecule has 0 aromatic heterocycles. The predicted octanol–water partition coefficient (Wildman–Crippen LogP) is 4.36. The molecule has 2 heterocycles. The Hall–Kier alpha value is -0.0400. The number of rotatable bonds is 6. The van der Waals surface area contributed by atoms with E-state index in [1.807, 2.05) is 0 Å². The van der Waals surface area contributed by atoms with Crippen molar-refractivity contribution in [3.8, 4) is 0 Å². The second-order valence-corrected chi connectivity index (χ2v) is 5.96. The molecule has 0 radical (unpaired) electrons. The van der Waals surface area contributed by atoms with E-state index in [-0.39, 0.29) is 0 Å². The van der Waals surface area contributed by atoms with Gasteiger partial charge in [-0.05, 0) is 39.0 Å². The third-order valence-corrected chi connectivity index (χ3v) is 4.74. The van der Waals surface area contributed by atoms with Crippen LogP contribution in [-0.4, -0.2) is 23.0 Å². The molecule has 0 spiro atoms. The highest BCUT2D eigenvalue weighted by Crippen LogP contribution is 2.38. The highest BCUT2D eigenvalue weighted by molar-refractivity contribution is 4.95. The monoisotopic (exact) mass is 223 g/mol. The summed E-state index contributed by atoms with van der Waals surface area (Å²) in [5, 5.41) is 0. The molecule has 0 saturated carbocycles. The molecular weight excluding hydrogens is 194 g/mol. The summed E-state index contributed by atoms with van der Waals surface area (Å²) >= 11 is 0. The van der Waals surface area contributed by atoms with Gasteiger partial charge in [0.2, 0.25) is 0 Å². The summed E-state index contributed by atoms with van der Waals surface area (Å²) in [6.45, 7) is 4.74. The van der Waals surface area contributed by atoms with Crippen LogP contribution in [0.5, 0.6) is 0 Å². The summed E-state index contributed by atoms with van der Waals surface area (Å²) in [5.41, 5.74) is 0. The van der Waals surface area contributed by atoms with Crippen molar-refractivity contribution in [3.63, 3.8) is 0 Å². The van der Waals surface area contributed by atoms with E-state index in [1.54, 1.807) is 0 Å². The van der Waals surface area contributed by atoms with Crippen molar-refractivity contribution in [1.29, 1.82) is 0 Å². The smallest absolute Gasteiger partial charge is 0.0102 e. The zero-order valence-corrected chi connectivity index (χ0v) is 11.3. The second kappa shape index (κ2) is 6.05. The molecule has 0 aromatic carbocycles. The fourth-order valence-electron chi connectivity index (χ4n) is 3.85. The van der Waals surface area contributed by atoms with E-state index in [4.69, 9.17) is 0 Å². The fraction of sp³-hybridized carbons (Fsp3) is 1.00. The van der Waals surface area contributed by atoms with E-state index in [0.717, 1.165) is 18.1 Å². The summed E-state index contributed by atoms with van der Waals surface area (Å²) in [6.07, 6.45) is 14.6. The first kappa shape index (κ1) is 12.4. The lowest BCUT2D eigenvalue weighted by Crippen LogP contribution is -2.36. The summed E-state index contributed by atoms with van der Waals surface area (Å²) in [7, 11) is 0. The summed E-state index contributed by atoms with van der Waals surface area (Å²) in [4.78, 5) is 2.86. The van der Waals surface area contributed by atoms with Gasteiger partial charge in [-0.3, -0.25) is 4.90 Å². The molecule has 2 aliphatic heterocycles. The first-order valence-electron chi connectivity index (χ1n) is 7.60. The first-order valence-corrected chi connectivity index (χ1v) is 7.60. The van der Waals surface area contributed by atoms with Crippen LogP contribution in [0.3, 0.4) is 0 Å². The fourth-order valence-corrected chi connectivity index (χ4v) is 3.85. The minimum Gasteiger partial charge on any atom is -0.295 e. The van der Waals surface area contributed by atoms with Gasteiger partial charge in [-0.1, -0.05) is 39.0 Å². The molecule has 0 bridgehead atoms. The van der Waals surface area contributed by atoms with Crippen LogP contribution in [0.25, 0.3) is 0 Å². The Bertz CT molecular complexity index is 202. The van der Waals surface area contributed by atoms with Gasteiger partial charge in [-0.15, -0.1) is 0 Å². The van der Waals surface area contributed by atoms with Gasteiger partial charge < -0.3 is 0 Å². The van der Waals surface area contributed by atoms with E-state index >= 15 is 0 Å². The van der Waals surface area contributed by atoms with Crippen LogP contribution in [0, 0.1) is 0 Å². The van der Waals surface area contributed by atoms with Gasteiger partial charge in [-0.25, -0.2) is 0 Å². The molecule has 0 N–H and O–H groups in total. The Morgan fingerprint density at radius 3 is 2.50 bits per heavy atom. The Balaban J connectivity index is 1.66. The largest absolute Gasteiger partial charge is 0.295 e. The van der Waals surface area contributed by atoms with Gasteiger partial charge in [0.25, 0.3) is 0 Å². The Kier molecular flexibility index (Phi) is 4.69. The molecule has 16 heavy (non-hydrogen) atoms. The molecule has 2 fully saturated rings. The van der Waals surface area contributed by atoms with Crippen molar-refractivity contribution in [2.24, 2.45) is 0 Å². The average Bonchev–Trinajstić information content (AvgIpc) is 2.83. The summed E-state index contributed by atoms with van der Waals surface area (Å²) < 4.78 is 0. The average molecular weight is 223 g/mol. The van der Waals surface area contributed by atoms with Crippen molar-refractivity contribution in [2.45, 2.75) is 96.2 Å². The zero-order valence-electron chi connectivity index (χ0n) is 11.3. The highest BCUT2D eigenvalue weighted by Gasteiger charge is 2.39. The summed E-state index contributed by atoms with van der Waals surface area (Å²) in [6, 6.07) is 2.80. The van der Waals surface area contributed by atoms with Crippen LogP contribution in [-0.2, 0) is 0 Å². The van der Waals surface area contributed by atoms with Crippen LogP contribution in [0.15, 0.2) is 0 Å².